The molecule has 4 rings (SSSR count). The predicted molar refractivity (Wildman–Crippen MR) is 165 cm³/mol. The molecule has 0 fully saturated rings. The molecule has 0 radical (unpaired) electrons. The van der Waals surface area contributed by atoms with E-state index in [1.165, 1.54) is 4.31 Å². The van der Waals surface area contributed by atoms with Gasteiger partial charge in [0.05, 0.1) is 35.8 Å². The third-order valence-corrected chi connectivity index (χ3v) is 9.02. The number of carbonyl (C=O) groups is 1. The fourth-order valence-electron chi connectivity index (χ4n) is 4.93. The van der Waals surface area contributed by atoms with Crippen LogP contribution in [0, 0.1) is 13.8 Å². The van der Waals surface area contributed by atoms with Gasteiger partial charge in [-0.05, 0) is 85.3 Å². The van der Waals surface area contributed by atoms with Gasteiger partial charge in [0.1, 0.15) is 5.75 Å². The molecule has 214 valence electrons. The minimum Gasteiger partial charge on any atom is -0.496 e. The van der Waals surface area contributed by atoms with Crippen LogP contribution in [0.15, 0.2) is 95.9 Å². The van der Waals surface area contributed by atoms with Crippen molar-refractivity contribution in [3.8, 4) is 5.75 Å². The van der Waals surface area contributed by atoms with E-state index in [-0.39, 0.29) is 34.9 Å². The molecule has 0 saturated heterocycles. The Balaban J connectivity index is 1.74. The number of hydrogen-bond acceptors (Lipinski definition) is 4. The van der Waals surface area contributed by atoms with Crippen molar-refractivity contribution in [1.29, 1.82) is 0 Å². The molecule has 0 aliphatic heterocycles. The van der Waals surface area contributed by atoms with Crippen molar-refractivity contribution in [2.24, 2.45) is 0 Å². The molecule has 0 aromatic heterocycles. The van der Waals surface area contributed by atoms with Gasteiger partial charge < -0.3 is 10.1 Å². The molecule has 4 aromatic rings. The highest BCUT2D eigenvalue weighted by Crippen LogP contribution is 2.33. The SMILES string of the molecule is COc1cc(C)c([C@H](C)NC(=O)c2ccccc2N(Cc2ccccc2)S(=O)(=O)c2ccc(C)cc2)cc1C(C)C. The number of methoxy groups -OCH3 is 1. The van der Waals surface area contributed by atoms with Crippen LogP contribution in [0.2, 0.25) is 0 Å². The highest BCUT2D eigenvalue weighted by atomic mass is 32.2. The number of aryl methyl sites for hydroxylation is 2. The lowest BCUT2D eigenvalue weighted by Crippen LogP contribution is -2.34. The van der Waals surface area contributed by atoms with Crippen molar-refractivity contribution in [1.82, 2.24) is 5.32 Å². The zero-order valence-electron chi connectivity index (χ0n) is 24.5. The normalized spacial score (nSPS) is 12.2. The average Bonchev–Trinajstić information content (AvgIpc) is 2.96. The van der Waals surface area contributed by atoms with E-state index in [4.69, 9.17) is 4.74 Å². The number of carbonyl (C=O) groups excluding carboxylic acids is 1. The number of anilines is 1. The van der Waals surface area contributed by atoms with Gasteiger partial charge >= 0.3 is 0 Å². The second-order valence-electron chi connectivity index (χ2n) is 10.6. The molecule has 6 nitrogen and oxygen atoms in total. The topological polar surface area (TPSA) is 75.7 Å². The van der Waals surface area contributed by atoms with E-state index >= 15 is 0 Å². The number of nitrogens with one attached hydrogen (secondary N) is 1. The Morgan fingerprint density at radius 3 is 2.12 bits per heavy atom. The smallest absolute Gasteiger partial charge is 0.264 e. The van der Waals surface area contributed by atoms with E-state index in [0.717, 1.165) is 33.6 Å². The minimum absolute atomic E-state index is 0.0756. The van der Waals surface area contributed by atoms with Gasteiger partial charge in [0.15, 0.2) is 0 Å². The van der Waals surface area contributed by atoms with Gasteiger partial charge in [-0.15, -0.1) is 0 Å². The Bertz CT molecular complexity index is 1610. The highest BCUT2D eigenvalue weighted by Gasteiger charge is 2.29. The van der Waals surface area contributed by atoms with Gasteiger partial charge in [-0.3, -0.25) is 9.10 Å². The van der Waals surface area contributed by atoms with Crippen molar-refractivity contribution in [3.63, 3.8) is 0 Å². The Morgan fingerprint density at radius 1 is 0.854 bits per heavy atom. The standard InChI is InChI=1S/C34H38N2O4S/c1-23(2)30-21-31(25(4)20-33(30)40-6)26(5)35-34(37)29-14-10-11-15-32(29)36(22-27-12-8-7-9-13-27)41(38,39)28-18-16-24(3)17-19-28/h7-21,23,26H,22H2,1-6H3,(H,35,37)/t26-/m0/s1. The van der Waals surface area contributed by atoms with Gasteiger partial charge in [0.2, 0.25) is 0 Å². The van der Waals surface area contributed by atoms with Crippen molar-refractivity contribution in [2.45, 2.75) is 58.0 Å². The third-order valence-electron chi connectivity index (χ3n) is 7.25. The molecule has 1 amide bonds. The summed E-state index contributed by atoms with van der Waals surface area (Å²) in [5, 5.41) is 3.11. The van der Waals surface area contributed by atoms with Crippen molar-refractivity contribution < 1.29 is 17.9 Å². The molecule has 4 aromatic carbocycles. The van der Waals surface area contributed by atoms with Crippen LogP contribution in [0.5, 0.6) is 5.75 Å². The summed E-state index contributed by atoms with van der Waals surface area (Å²) in [6.07, 6.45) is 0. The first-order valence-electron chi connectivity index (χ1n) is 13.7. The molecule has 0 aliphatic rings. The van der Waals surface area contributed by atoms with E-state index in [9.17, 15) is 13.2 Å². The second-order valence-corrected chi connectivity index (χ2v) is 12.5. The Labute approximate surface area is 244 Å². The average molecular weight is 571 g/mol. The first-order valence-corrected chi connectivity index (χ1v) is 15.2. The Hall–Kier alpha value is -4.10. The van der Waals surface area contributed by atoms with Crippen LogP contribution in [0.4, 0.5) is 5.69 Å². The summed E-state index contributed by atoms with van der Waals surface area (Å²) in [5.74, 6) is 0.709. The van der Waals surface area contributed by atoms with Gasteiger partial charge in [-0.1, -0.05) is 74.0 Å². The molecule has 0 saturated carbocycles. The fraction of sp³-hybridized carbons (Fsp3) is 0.265. The first-order chi connectivity index (χ1) is 19.5. The summed E-state index contributed by atoms with van der Waals surface area (Å²) in [7, 11) is -2.33. The lowest BCUT2D eigenvalue weighted by Gasteiger charge is -2.27. The molecule has 1 N–H and O–H groups in total. The van der Waals surface area contributed by atoms with Crippen LogP contribution in [-0.4, -0.2) is 21.4 Å². The Morgan fingerprint density at radius 2 is 1.49 bits per heavy atom. The number of hydrogen-bond donors (Lipinski definition) is 1. The molecule has 41 heavy (non-hydrogen) atoms. The van der Waals surface area contributed by atoms with Gasteiger partial charge in [0, 0.05) is 0 Å². The maximum atomic E-state index is 14.1. The van der Waals surface area contributed by atoms with Gasteiger partial charge in [-0.2, -0.15) is 0 Å². The van der Waals surface area contributed by atoms with Crippen molar-refractivity contribution in [3.05, 3.63) is 124 Å². The molecule has 0 aliphatic carbocycles. The maximum absolute atomic E-state index is 14.1. The zero-order valence-corrected chi connectivity index (χ0v) is 25.3. The van der Waals surface area contributed by atoms with Crippen LogP contribution in [0.25, 0.3) is 0 Å². The molecular weight excluding hydrogens is 532 g/mol. The largest absolute Gasteiger partial charge is 0.496 e. The third kappa shape index (κ3) is 6.63. The monoisotopic (exact) mass is 570 g/mol. The van der Waals surface area contributed by atoms with E-state index < -0.39 is 10.0 Å². The van der Waals surface area contributed by atoms with Gasteiger partial charge in [-0.25, -0.2) is 8.42 Å². The summed E-state index contributed by atoms with van der Waals surface area (Å²) in [6, 6.07) is 26.7. The minimum atomic E-state index is -4.00. The first kappa shape index (κ1) is 29.9. The summed E-state index contributed by atoms with van der Waals surface area (Å²) in [6.45, 7) is 10.1. The number of para-hydroxylation sites is 1. The number of amides is 1. The number of nitrogens with zero attached hydrogens (tertiary/aromatic N) is 1. The molecular formula is C34H38N2O4S. The van der Waals surface area contributed by atoms with Crippen LogP contribution in [0.1, 0.15) is 70.9 Å². The lowest BCUT2D eigenvalue weighted by atomic mass is 9.93. The maximum Gasteiger partial charge on any atom is 0.264 e. The Kier molecular flexibility index (Phi) is 9.18. The highest BCUT2D eigenvalue weighted by molar-refractivity contribution is 7.92. The van der Waals surface area contributed by atoms with Crippen LogP contribution >= 0.6 is 0 Å². The van der Waals surface area contributed by atoms with Crippen molar-refractivity contribution in [2.75, 3.05) is 11.4 Å². The molecule has 7 heteroatoms. The molecule has 0 spiro atoms. The van der Waals surface area contributed by atoms with Crippen LogP contribution in [0.3, 0.4) is 0 Å². The summed E-state index contributed by atoms with van der Waals surface area (Å²) >= 11 is 0. The van der Waals surface area contributed by atoms with E-state index in [0.29, 0.717) is 5.69 Å². The van der Waals surface area contributed by atoms with E-state index in [1.807, 2.05) is 57.2 Å². The van der Waals surface area contributed by atoms with Gasteiger partial charge in [0.25, 0.3) is 15.9 Å². The van der Waals surface area contributed by atoms with Crippen LogP contribution in [-0.2, 0) is 16.6 Å². The van der Waals surface area contributed by atoms with E-state index in [2.05, 4.69) is 25.2 Å². The zero-order chi connectivity index (χ0) is 29.7. The van der Waals surface area contributed by atoms with Crippen molar-refractivity contribution >= 4 is 21.6 Å². The summed E-state index contributed by atoms with van der Waals surface area (Å²) < 4.78 is 35.0. The number of sulfonamides is 1. The predicted octanol–water partition coefficient (Wildman–Crippen LogP) is 7.32. The molecule has 0 heterocycles. The quantitative estimate of drug-likeness (QED) is 0.217. The number of rotatable bonds is 10. The number of benzene rings is 4. The second kappa shape index (κ2) is 12.6. The van der Waals surface area contributed by atoms with Crippen LogP contribution < -0.4 is 14.4 Å². The van der Waals surface area contributed by atoms with E-state index in [1.54, 1.807) is 55.6 Å². The number of ether oxygens (including phenoxy) is 1. The fourth-order valence-corrected chi connectivity index (χ4v) is 6.40. The molecule has 0 bridgehead atoms. The molecule has 1 atom stereocenters. The summed E-state index contributed by atoms with van der Waals surface area (Å²) in [5.41, 5.74) is 5.40. The lowest BCUT2D eigenvalue weighted by molar-refractivity contribution is 0.0940. The summed E-state index contributed by atoms with van der Waals surface area (Å²) in [4.78, 5) is 14.0. The molecule has 0 unspecified atom stereocenters.